The number of rotatable bonds is 3. The second kappa shape index (κ2) is 8.45. The lowest BCUT2D eigenvalue weighted by molar-refractivity contribution is 0.660. The van der Waals surface area contributed by atoms with Gasteiger partial charge in [-0.1, -0.05) is 80.6 Å². The molecule has 0 fully saturated rings. The molecule has 0 N–H and O–H groups in total. The van der Waals surface area contributed by atoms with E-state index in [-0.39, 0.29) is 5.41 Å². The first-order valence-corrected chi connectivity index (χ1v) is 13.6. The molecule has 4 heterocycles. The van der Waals surface area contributed by atoms with Gasteiger partial charge in [-0.05, 0) is 70.8 Å². The summed E-state index contributed by atoms with van der Waals surface area (Å²) in [4.78, 5) is 14.9. The Labute approximate surface area is 232 Å². The second-order valence-electron chi connectivity index (χ2n) is 10.9. The summed E-state index contributed by atoms with van der Waals surface area (Å²) in [6.45, 7) is 4.62. The first kappa shape index (κ1) is 22.9. The number of para-hydroxylation sites is 1. The Hall–Kier alpha value is -5.09. The lowest BCUT2D eigenvalue weighted by Crippen LogP contribution is -2.14. The maximum absolute atomic E-state index is 5.10. The molecule has 0 bridgehead atoms. The van der Waals surface area contributed by atoms with Crippen LogP contribution < -0.4 is 0 Å². The molecule has 0 atom stereocenters. The minimum absolute atomic E-state index is 0.0490. The minimum atomic E-state index is -0.0490. The van der Waals surface area contributed by atoms with Gasteiger partial charge in [-0.15, -0.1) is 0 Å². The first-order chi connectivity index (χ1) is 19.6. The molecule has 4 aromatic heterocycles. The molecule has 0 aliphatic heterocycles. The number of hydrogen-bond acceptors (Lipinski definition) is 3. The van der Waals surface area contributed by atoms with Crippen molar-refractivity contribution >= 4 is 21.9 Å². The zero-order valence-corrected chi connectivity index (χ0v) is 22.3. The molecule has 4 nitrogen and oxygen atoms in total. The van der Waals surface area contributed by atoms with Gasteiger partial charge in [0.05, 0.1) is 33.6 Å². The third-order valence-electron chi connectivity index (χ3n) is 8.28. The molecule has 1 aliphatic rings. The third-order valence-corrected chi connectivity index (χ3v) is 8.28. The Bertz CT molecular complexity index is 2050. The summed E-state index contributed by atoms with van der Waals surface area (Å²) in [5.74, 6) is 0.848. The minimum Gasteiger partial charge on any atom is -0.292 e. The van der Waals surface area contributed by atoms with Crippen molar-refractivity contribution in [2.24, 2.45) is 0 Å². The van der Waals surface area contributed by atoms with Crippen LogP contribution in [0.4, 0.5) is 0 Å². The van der Waals surface area contributed by atoms with Crippen molar-refractivity contribution in [2.75, 3.05) is 0 Å². The molecule has 7 aromatic rings. The quantitative estimate of drug-likeness (QED) is 0.237. The fourth-order valence-corrected chi connectivity index (χ4v) is 6.32. The van der Waals surface area contributed by atoms with Crippen molar-refractivity contribution in [1.82, 2.24) is 19.5 Å². The van der Waals surface area contributed by atoms with Gasteiger partial charge in [0, 0.05) is 22.6 Å². The normalized spacial score (nSPS) is 13.4. The van der Waals surface area contributed by atoms with Crippen LogP contribution in [0.3, 0.4) is 0 Å². The third kappa shape index (κ3) is 3.29. The first-order valence-electron chi connectivity index (χ1n) is 13.6. The Morgan fingerprint density at radius 3 is 2.23 bits per heavy atom. The molecular weight excluding hydrogens is 488 g/mol. The molecule has 0 unspecified atom stereocenters. The fraction of sp³-hybridized carbons (Fsp3) is 0.0833. The number of pyridine rings is 3. The van der Waals surface area contributed by atoms with Gasteiger partial charge < -0.3 is 0 Å². The maximum Gasteiger partial charge on any atom is 0.138 e. The standard InChI is InChI=1S/C36H26N4/c1-36(2)27-12-5-3-10-24(27)25-20-19-23(22-28(25)36)29-13-7-14-30(38-29)31-15-8-18-34(39-31)40-32-16-6-4-11-26(32)35-33(40)17-9-21-37-35/h3-22H,1-2H3. The van der Waals surface area contributed by atoms with Crippen molar-refractivity contribution in [3.05, 3.63) is 133 Å². The lowest BCUT2D eigenvalue weighted by Gasteiger charge is -2.21. The van der Waals surface area contributed by atoms with E-state index in [0.717, 1.165) is 50.4 Å². The highest BCUT2D eigenvalue weighted by Crippen LogP contribution is 2.49. The van der Waals surface area contributed by atoms with Crippen LogP contribution in [0.2, 0.25) is 0 Å². The van der Waals surface area contributed by atoms with Gasteiger partial charge in [0.1, 0.15) is 5.82 Å². The highest BCUT2D eigenvalue weighted by atomic mass is 15.1. The van der Waals surface area contributed by atoms with Gasteiger partial charge in [0.25, 0.3) is 0 Å². The van der Waals surface area contributed by atoms with Crippen LogP contribution in [0.5, 0.6) is 0 Å². The largest absolute Gasteiger partial charge is 0.292 e. The van der Waals surface area contributed by atoms with Crippen LogP contribution in [0.15, 0.2) is 121 Å². The van der Waals surface area contributed by atoms with Crippen molar-refractivity contribution < 1.29 is 0 Å². The monoisotopic (exact) mass is 514 g/mol. The van der Waals surface area contributed by atoms with Crippen LogP contribution in [0.25, 0.3) is 61.5 Å². The zero-order chi connectivity index (χ0) is 26.8. The SMILES string of the molecule is CC1(C)c2ccccc2-c2ccc(-c3cccc(-c4cccc(-n5c6ccccc6c6ncccc65)n4)n3)cc21. The predicted octanol–water partition coefficient (Wildman–Crippen LogP) is 8.61. The Kier molecular flexibility index (Phi) is 4.83. The molecule has 0 spiro atoms. The molecule has 1 aliphatic carbocycles. The predicted molar refractivity (Wildman–Crippen MR) is 163 cm³/mol. The van der Waals surface area contributed by atoms with Crippen LogP contribution >= 0.6 is 0 Å². The molecule has 0 saturated heterocycles. The topological polar surface area (TPSA) is 43.6 Å². The summed E-state index contributed by atoms with van der Waals surface area (Å²) in [7, 11) is 0. The average Bonchev–Trinajstić information content (AvgIpc) is 3.46. The summed E-state index contributed by atoms with van der Waals surface area (Å²) in [6, 6.07) is 40.3. The number of benzene rings is 3. The summed E-state index contributed by atoms with van der Waals surface area (Å²) in [6.07, 6.45) is 1.84. The molecule has 0 radical (unpaired) electrons. The maximum atomic E-state index is 5.10. The Morgan fingerprint density at radius 1 is 0.575 bits per heavy atom. The smallest absolute Gasteiger partial charge is 0.138 e. The lowest BCUT2D eigenvalue weighted by atomic mass is 9.82. The molecule has 3 aromatic carbocycles. The second-order valence-corrected chi connectivity index (χ2v) is 10.9. The summed E-state index contributed by atoms with van der Waals surface area (Å²) in [5, 5.41) is 1.12. The van der Waals surface area contributed by atoms with E-state index >= 15 is 0 Å². The fourth-order valence-electron chi connectivity index (χ4n) is 6.32. The van der Waals surface area contributed by atoms with Crippen LogP contribution in [-0.4, -0.2) is 19.5 Å². The van der Waals surface area contributed by atoms with Crippen LogP contribution in [0.1, 0.15) is 25.0 Å². The molecule has 4 heteroatoms. The molecule has 0 amide bonds. The van der Waals surface area contributed by atoms with Gasteiger partial charge in [0.2, 0.25) is 0 Å². The zero-order valence-electron chi connectivity index (χ0n) is 22.3. The number of nitrogens with zero attached hydrogens (tertiary/aromatic N) is 4. The van der Waals surface area contributed by atoms with Gasteiger partial charge in [-0.2, -0.15) is 0 Å². The van der Waals surface area contributed by atoms with Crippen LogP contribution in [0, 0.1) is 0 Å². The molecule has 40 heavy (non-hydrogen) atoms. The molecule has 0 saturated carbocycles. The van der Waals surface area contributed by atoms with E-state index in [1.54, 1.807) is 0 Å². The summed E-state index contributed by atoms with van der Waals surface area (Å²) < 4.78 is 2.19. The van der Waals surface area contributed by atoms with Gasteiger partial charge in [0.15, 0.2) is 0 Å². The van der Waals surface area contributed by atoms with Crippen molar-refractivity contribution in [3.63, 3.8) is 0 Å². The summed E-state index contributed by atoms with van der Waals surface area (Å²) in [5.41, 5.74) is 12.2. The number of hydrogen-bond donors (Lipinski definition) is 0. The average molecular weight is 515 g/mol. The van der Waals surface area contributed by atoms with Gasteiger partial charge in [-0.3, -0.25) is 9.55 Å². The molecule has 8 rings (SSSR count). The van der Waals surface area contributed by atoms with E-state index in [9.17, 15) is 0 Å². The van der Waals surface area contributed by atoms with E-state index in [0.29, 0.717) is 0 Å². The van der Waals surface area contributed by atoms with E-state index < -0.39 is 0 Å². The van der Waals surface area contributed by atoms with E-state index in [1.165, 1.54) is 22.3 Å². The van der Waals surface area contributed by atoms with Crippen molar-refractivity contribution in [3.8, 4) is 39.6 Å². The van der Waals surface area contributed by atoms with Crippen molar-refractivity contribution in [1.29, 1.82) is 0 Å². The highest BCUT2D eigenvalue weighted by molar-refractivity contribution is 6.06. The van der Waals surface area contributed by atoms with Crippen LogP contribution in [-0.2, 0) is 5.41 Å². The van der Waals surface area contributed by atoms with E-state index in [1.807, 2.05) is 30.5 Å². The Balaban J connectivity index is 1.23. The summed E-state index contributed by atoms with van der Waals surface area (Å²) >= 11 is 0. The van der Waals surface area contributed by atoms with E-state index in [4.69, 9.17) is 9.97 Å². The highest BCUT2D eigenvalue weighted by Gasteiger charge is 2.35. The Morgan fingerprint density at radius 2 is 1.30 bits per heavy atom. The van der Waals surface area contributed by atoms with Gasteiger partial charge in [-0.25, -0.2) is 9.97 Å². The van der Waals surface area contributed by atoms with Crippen molar-refractivity contribution in [2.45, 2.75) is 19.3 Å². The molecule has 190 valence electrons. The van der Waals surface area contributed by atoms with E-state index in [2.05, 4.69) is 114 Å². The number of aromatic nitrogens is 4. The molecular formula is C36H26N4. The number of fused-ring (bicyclic) bond motifs is 6. The van der Waals surface area contributed by atoms with Gasteiger partial charge >= 0.3 is 0 Å².